The number of aliphatic imine (C=N–C) groups is 1. The van der Waals surface area contributed by atoms with Crippen molar-refractivity contribution >= 4 is 23.5 Å². The van der Waals surface area contributed by atoms with Crippen LogP contribution in [0.5, 0.6) is 0 Å². The van der Waals surface area contributed by atoms with Crippen LogP contribution in [0.15, 0.2) is 53.5 Å². The van der Waals surface area contributed by atoms with Gasteiger partial charge in [0.05, 0.1) is 0 Å². The molecule has 2 rings (SSSR count). The Balaban J connectivity index is 1.90. The van der Waals surface area contributed by atoms with Gasteiger partial charge in [-0.15, -0.1) is 0 Å². The van der Waals surface area contributed by atoms with Crippen molar-refractivity contribution in [1.29, 1.82) is 0 Å². The van der Waals surface area contributed by atoms with Crippen molar-refractivity contribution in [1.82, 2.24) is 15.1 Å². The van der Waals surface area contributed by atoms with Crippen LogP contribution in [0.2, 0.25) is 5.02 Å². The van der Waals surface area contributed by atoms with E-state index in [1.165, 1.54) is 5.56 Å². The molecule has 144 valence electrons. The fourth-order valence-electron chi connectivity index (χ4n) is 2.76. The van der Waals surface area contributed by atoms with Crippen LogP contribution in [-0.4, -0.2) is 56.4 Å². The number of rotatable bonds is 6. The average molecular weight is 387 g/mol. The van der Waals surface area contributed by atoms with Gasteiger partial charge in [0, 0.05) is 51.9 Å². The standard InChI is InChI=1S/C21H27ClN4O/c1-23-21(26(4)15-17-8-10-19(22)11-9-17)24-13-12-16-6-5-7-18(14-16)20(27)25(2)3/h5-11,14H,12-13,15H2,1-4H3,(H,23,24). The summed E-state index contributed by atoms with van der Waals surface area (Å²) in [5, 5.41) is 4.11. The number of halogens is 1. The molecule has 0 saturated heterocycles. The SMILES string of the molecule is CN=C(NCCc1cccc(C(=O)N(C)C)c1)N(C)Cc1ccc(Cl)cc1. The minimum atomic E-state index is 0.0170. The van der Waals surface area contributed by atoms with E-state index in [4.69, 9.17) is 11.6 Å². The molecule has 0 spiro atoms. The van der Waals surface area contributed by atoms with E-state index in [0.717, 1.165) is 36.1 Å². The Labute approximate surface area is 166 Å². The summed E-state index contributed by atoms with van der Waals surface area (Å²) in [5.41, 5.74) is 2.99. The van der Waals surface area contributed by atoms with Crippen molar-refractivity contribution < 1.29 is 4.79 Å². The first-order valence-corrected chi connectivity index (χ1v) is 9.25. The molecule has 0 unspecified atom stereocenters. The summed E-state index contributed by atoms with van der Waals surface area (Å²) >= 11 is 5.94. The molecule has 1 amide bonds. The Morgan fingerprint density at radius 2 is 1.78 bits per heavy atom. The molecule has 0 aliphatic carbocycles. The van der Waals surface area contributed by atoms with Crippen LogP contribution < -0.4 is 5.32 Å². The molecule has 5 nitrogen and oxygen atoms in total. The second-order valence-electron chi connectivity index (χ2n) is 6.61. The molecule has 2 aromatic rings. The van der Waals surface area contributed by atoms with E-state index in [9.17, 15) is 4.79 Å². The maximum atomic E-state index is 12.1. The third-order valence-electron chi connectivity index (χ3n) is 4.18. The smallest absolute Gasteiger partial charge is 0.253 e. The highest BCUT2D eigenvalue weighted by Gasteiger charge is 2.09. The van der Waals surface area contributed by atoms with E-state index in [1.54, 1.807) is 26.0 Å². The zero-order valence-corrected chi connectivity index (χ0v) is 17.1. The monoisotopic (exact) mass is 386 g/mol. The molecule has 0 atom stereocenters. The van der Waals surface area contributed by atoms with Crippen molar-refractivity contribution in [2.75, 3.05) is 34.7 Å². The Kier molecular flexibility index (Phi) is 7.67. The number of carbonyl (C=O) groups is 1. The van der Waals surface area contributed by atoms with Crippen molar-refractivity contribution in [2.45, 2.75) is 13.0 Å². The van der Waals surface area contributed by atoms with Crippen molar-refractivity contribution in [3.05, 3.63) is 70.2 Å². The fourth-order valence-corrected chi connectivity index (χ4v) is 2.89. The molecular weight excluding hydrogens is 360 g/mol. The van der Waals surface area contributed by atoms with Gasteiger partial charge in [-0.3, -0.25) is 9.79 Å². The quantitative estimate of drug-likeness (QED) is 0.612. The normalized spacial score (nSPS) is 11.2. The van der Waals surface area contributed by atoms with Crippen molar-refractivity contribution in [2.24, 2.45) is 4.99 Å². The molecule has 0 fully saturated rings. The lowest BCUT2D eigenvalue weighted by Gasteiger charge is -2.22. The fraction of sp³-hybridized carbons (Fsp3) is 0.333. The molecule has 0 saturated carbocycles. The minimum absolute atomic E-state index is 0.0170. The Hall–Kier alpha value is -2.53. The molecule has 6 heteroatoms. The van der Waals surface area contributed by atoms with Gasteiger partial charge in [-0.05, 0) is 41.8 Å². The highest BCUT2D eigenvalue weighted by molar-refractivity contribution is 6.30. The molecule has 0 aromatic heterocycles. The predicted octanol–water partition coefficient (Wildman–Crippen LogP) is 3.29. The number of hydrogen-bond donors (Lipinski definition) is 1. The summed E-state index contributed by atoms with van der Waals surface area (Å²) in [6.07, 6.45) is 0.808. The van der Waals surface area contributed by atoms with E-state index in [2.05, 4.69) is 15.2 Å². The van der Waals surface area contributed by atoms with Crippen LogP contribution in [0.4, 0.5) is 0 Å². The number of guanidine groups is 1. The number of benzene rings is 2. The average Bonchev–Trinajstić information content (AvgIpc) is 2.66. The molecule has 2 aromatic carbocycles. The lowest BCUT2D eigenvalue weighted by molar-refractivity contribution is 0.0827. The lowest BCUT2D eigenvalue weighted by Crippen LogP contribution is -2.39. The summed E-state index contributed by atoms with van der Waals surface area (Å²) in [6, 6.07) is 15.6. The zero-order chi connectivity index (χ0) is 19.8. The summed E-state index contributed by atoms with van der Waals surface area (Å²) in [4.78, 5) is 20.1. The molecule has 1 N–H and O–H groups in total. The van der Waals surface area contributed by atoms with E-state index < -0.39 is 0 Å². The zero-order valence-electron chi connectivity index (χ0n) is 16.4. The van der Waals surface area contributed by atoms with Gasteiger partial charge in [-0.2, -0.15) is 0 Å². The van der Waals surface area contributed by atoms with Gasteiger partial charge in [-0.25, -0.2) is 0 Å². The molecule has 0 aliphatic heterocycles. The van der Waals surface area contributed by atoms with Crippen LogP contribution in [0, 0.1) is 0 Å². The van der Waals surface area contributed by atoms with Gasteiger partial charge in [0.15, 0.2) is 5.96 Å². The van der Waals surface area contributed by atoms with Crippen molar-refractivity contribution in [3.63, 3.8) is 0 Å². The second kappa shape index (κ2) is 9.97. The number of amides is 1. The molecule has 27 heavy (non-hydrogen) atoms. The maximum absolute atomic E-state index is 12.1. The Morgan fingerprint density at radius 1 is 1.07 bits per heavy atom. The Morgan fingerprint density at radius 3 is 2.41 bits per heavy atom. The number of nitrogens with zero attached hydrogens (tertiary/aromatic N) is 3. The third-order valence-corrected chi connectivity index (χ3v) is 4.44. The number of carbonyl (C=O) groups excluding carboxylic acids is 1. The van der Waals surface area contributed by atoms with Crippen LogP contribution in [-0.2, 0) is 13.0 Å². The Bertz CT molecular complexity index is 787. The topological polar surface area (TPSA) is 47.9 Å². The number of nitrogens with one attached hydrogen (secondary N) is 1. The van der Waals surface area contributed by atoms with Gasteiger partial charge in [0.25, 0.3) is 5.91 Å². The van der Waals surface area contributed by atoms with Crippen LogP contribution >= 0.6 is 11.6 Å². The molecule has 0 radical (unpaired) electrons. The lowest BCUT2D eigenvalue weighted by atomic mass is 10.1. The summed E-state index contributed by atoms with van der Waals surface area (Å²) in [7, 11) is 7.30. The second-order valence-corrected chi connectivity index (χ2v) is 7.04. The highest BCUT2D eigenvalue weighted by atomic mass is 35.5. The predicted molar refractivity (Wildman–Crippen MR) is 112 cm³/mol. The van der Waals surface area contributed by atoms with Crippen LogP contribution in [0.25, 0.3) is 0 Å². The van der Waals surface area contributed by atoms with Crippen LogP contribution in [0.1, 0.15) is 21.5 Å². The summed E-state index contributed by atoms with van der Waals surface area (Å²) < 4.78 is 0. The molecule has 0 bridgehead atoms. The van der Waals surface area contributed by atoms with Gasteiger partial charge >= 0.3 is 0 Å². The van der Waals surface area contributed by atoms with Gasteiger partial charge in [0.1, 0.15) is 0 Å². The van der Waals surface area contributed by atoms with Crippen molar-refractivity contribution in [3.8, 4) is 0 Å². The van der Waals surface area contributed by atoms with E-state index in [-0.39, 0.29) is 5.91 Å². The van der Waals surface area contributed by atoms with Gasteiger partial charge in [-0.1, -0.05) is 35.9 Å². The van der Waals surface area contributed by atoms with Crippen LogP contribution in [0.3, 0.4) is 0 Å². The molecule has 0 heterocycles. The summed E-state index contributed by atoms with van der Waals surface area (Å²) in [6.45, 7) is 1.47. The van der Waals surface area contributed by atoms with Gasteiger partial charge in [0.2, 0.25) is 0 Å². The minimum Gasteiger partial charge on any atom is -0.356 e. The first-order chi connectivity index (χ1) is 12.9. The molecule has 0 aliphatic rings. The maximum Gasteiger partial charge on any atom is 0.253 e. The van der Waals surface area contributed by atoms with E-state index in [1.807, 2.05) is 55.6 Å². The number of hydrogen-bond acceptors (Lipinski definition) is 2. The molecular formula is C21H27ClN4O. The first kappa shape index (κ1) is 20.8. The van der Waals surface area contributed by atoms with E-state index in [0.29, 0.717) is 5.56 Å². The largest absolute Gasteiger partial charge is 0.356 e. The first-order valence-electron chi connectivity index (χ1n) is 8.87. The summed E-state index contributed by atoms with van der Waals surface area (Å²) in [5.74, 6) is 0.841. The van der Waals surface area contributed by atoms with Gasteiger partial charge < -0.3 is 15.1 Å². The third kappa shape index (κ3) is 6.29. The van der Waals surface area contributed by atoms with E-state index >= 15 is 0 Å². The highest BCUT2D eigenvalue weighted by Crippen LogP contribution is 2.11.